The van der Waals surface area contributed by atoms with Crippen molar-refractivity contribution in [2.45, 2.75) is 32.6 Å². The van der Waals surface area contributed by atoms with E-state index in [9.17, 15) is 4.79 Å². The van der Waals surface area contributed by atoms with Crippen molar-refractivity contribution >= 4 is 17.6 Å². The zero-order valence-corrected chi connectivity index (χ0v) is 8.19. The van der Waals surface area contributed by atoms with Crippen LogP contribution in [0.1, 0.15) is 29.0 Å². The van der Waals surface area contributed by atoms with E-state index >= 15 is 0 Å². The first-order valence-corrected chi connectivity index (χ1v) is 5.13. The maximum absolute atomic E-state index is 10.0. The molecule has 0 spiro atoms. The molecule has 1 aromatic rings. The Labute approximate surface area is 77.4 Å². The number of unbranched alkanes of at least 4 members (excludes halogenated alkanes) is 2. The Morgan fingerprint density at radius 3 is 2.83 bits per heavy atom. The molecular formula is C10H14OS. The zero-order chi connectivity index (χ0) is 8.81. The van der Waals surface area contributed by atoms with Crippen LogP contribution in [0.25, 0.3) is 0 Å². The molecule has 0 aromatic carbocycles. The molecule has 1 heterocycles. The molecule has 0 unspecified atom stereocenters. The third kappa shape index (κ3) is 3.18. The molecule has 0 aliphatic carbocycles. The summed E-state index contributed by atoms with van der Waals surface area (Å²) >= 11 is 1.86. The van der Waals surface area contributed by atoms with Crippen LogP contribution in [0.3, 0.4) is 0 Å². The van der Waals surface area contributed by atoms with Crippen molar-refractivity contribution in [3.63, 3.8) is 0 Å². The molecule has 0 saturated heterocycles. The van der Waals surface area contributed by atoms with Crippen molar-refractivity contribution < 1.29 is 4.79 Å². The molecule has 0 fully saturated rings. The van der Waals surface area contributed by atoms with Gasteiger partial charge in [-0.05, 0) is 38.3 Å². The Hall–Kier alpha value is -0.630. The van der Waals surface area contributed by atoms with E-state index in [0.29, 0.717) is 6.42 Å². The Morgan fingerprint density at radius 1 is 1.42 bits per heavy atom. The Kier molecular flexibility index (Phi) is 4.01. The van der Waals surface area contributed by atoms with E-state index < -0.39 is 0 Å². The molecule has 2 heteroatoms. The van der Waals surface area contributed by atoms with Crippen molar-refractivity contribution in [1.29, 1.82) is 0 Å². The van der Waals surface area contributed by atoms with Gasteiger partial charge in [0.05, 0.1) is 0 Å². The van der Waals surface area contributed by atoms with E-state index in [1.165, 1.54) is 9.75 Å². The number of carbonyl (C=O) groups is 1. The van der Waals surface area contributed by atoms with E-state index in [4.69, 9.17) is 0 Å². The molecule has 1 nitrogen and oxygen atoms in total. The SMILES string of the molecule is Cc1ccc(CCCCC=O)s1. The minimum atomic E-state index is 0.713. The molecule has 12 heavy (non-hydrogen) atoms. The summed E-state index contributed by atoms with van der Waals surface area (Å²) in [6.07, 6.45) is 5.01. The monoisotopic (exact) mass is 182 g/mol. The van der Waals surface area contributed by atoms with Crippen molar-refractivity contribution in [3.8, 4) is 0 Å². The highest BCUT2D eigenvalue weighted by molar-refractivity contribution is 7.11. The van der Waals surface area contributed by atoms with Gasteiger partial charge >= 0.3 is 0 Å². The molecular weight excluding hydrogens is 168 g/mol. The predicted octanol–water partition coefficient (Wildman–Crippen LogP) is 2.97. The molecule has 0 aliphatic heterocycles. The summed E-state index contributed by atoms with van der Waals surface area (Å²) in [5.41, 5.74) is 0. The number of aldehydes is 1. The van der Waals surface area contributed by atoms with Crippen LogP contribution in [0.2, 0.25) is 0 Å². The van der Waals surface area contributed by atoms with Gasteiger partial charge < -0.3 is 4.79 Å². The lowest BCUT2D eigenvalue weighted by Gasteiger charge is -1.93. The second kappa shape index (κ2) is 5.09. The van der Waals surface area contributed by atoms with Crippen LogP contribution < -0.4 is 0 Å². The Bertz CT molecular complexity index is 240. The Morgan fingerprint density at radius 2 is 2.25 bits per heavy atom. The van der Waals surface area contributed by atoms with Crippen LogP contribution >= 0.6 is 11.3 Å². The smallest absolute Gasteiger partial charge is 0.119 e. The fraction of sp³-hybridized carbons (Fsp3) is 0.500. The van der Waals surface area contributed by atoms with Gasteiger partial charge in [0.1, 0.15) is 6.29 Å². The standard InChI is InChI=1S/C10H14OS/c1-9-6-7-10(12-9)5-3-2-4-8-11/h6-8H,2-5H2,1H3. The van der Waals surface area contributed by atoms with Gasteiger partial charge in [-0.1, -0.05) is 0 Å². The summed E-state index contributed by atoms with van der Waals surface area (Å²) in [6.45, 7) is 2.12. The van der Waals surface area contributed by atoms with Gasteiger partial charge in [-0.25, -0.2) is 0 Å². The first kappa shape index (κ1) is 9.46. The summed E-state index contributed by atoms with van der Waals surface area (Å²) in [5, 5.41) is 0. The number of rotatable bonds is 5. The largest absolute Gasteiger partial charge is 0.303 e. The van der Waals surface area contributed by atoms with Crippen LogP contribution in [0.15, 0.2) is 12.1 Å². The van der Waals surface area contributed by atoms with Gasteiger partial charge in [0.2, 0.25) is 0 Å². The number of hydrogen-bond donors (Lipinski definition) is 0. The lowest BCUT2D eigenvalue weighted by molar-refractivity contribution is -0.107. The molecule has 0 radical (unpaired) electrons. The van der Waals surface area contributed by atoms with Crippen LogP contribution in [0.4, 0.5) is 0 Å². The quantitative estimate of drug-likeness (QED) is 0.505. The fourth-order valence-electron chi connectivity index (χ4n) is 1.15. The van der Waals surface area contributed by atoms with Crippen molar-refractivity contribution in [1.82, 2.24) is 0 Å². The second-order valence-corrected chi connectivity index (χ2v) is 4.30. The van der Waals surface area contributed by atoms with Gasteiger partial charge in [-0.3, -0.25) is 0 Å². The number of carbonyl (C=O) groups excluding carboxylic acids is 1. The van der Waals surface area contributed by atoms with Crippen LogP contribution in [0.5, 0.6) is 0 Å². The normalized spacial score (nSPS) is 10.1. The van der Waals surface area contributed by atoms with Gasteiger partial charge in [-0.2, -0.15) is 0 Å². The lowest BCUT2D eigenvalue weighted by atomic mass is 10.2. The molecule has 1 rings (SSSR count). The second-order valence-electron chi connectivity index (χ2n) is 2.92. The maximum Gasteiger partial charge on any atom is 0.119 e. The highest BCUT2D eigenvalue weighted by Crippen LogP contribution is 2.17. The van der Waals surface area contributed by atoms with E-state index in [0.717, 1.165) is 25.5 Å². The third-order valence-electron chi connectivity index (χ3n) is 1.79. The highest BCUT2D eigenvalue weighted by atomic mass is 32.1. The first-order chi connectivity index (χ1) is 5.83. The molecule has 0 N–H and O–H groups in total. The highest BCUT2D eigenvalue weighted by Gasteiger charge is 1.95. The third-order valence-corrected chi connectivity index (χ3v) is 2.85. The van der Waals surface area contributed by atoms with Crippen molar-refractivity contribution in [2.75, 3.05) is 0 Å². The lowest BCUT2D eigenvalue weighted by Crippen LogP contribution is -1.81. The van der Waals surface area contributed by atoms with Gasteiger partial charge in [0.15, 0.2) is 0 Å². The zero-order valence-electron chi connectivity index (χ0n) is 7.38. The molecule has 0 bridgehead atoms. The summed E-state index contributed by atoms with van der Waals surface area (Å²) in [4.78, 5) is 12.8. The van der Waals surface area contributed by atoms with E-state index in [-0.39, 0.29) is 0 Å². The fourth-order valence-corrected chi connectivity index (χ4v) is 2.08. The van der Waals surface area contributed by atoms with E-state index in [2.05, 4.69) is 19.1 Å². The minimum Gasteiger partial charge on any atom is -0.303 e. The number of thiophene rings is 1. The molecule has 66 valence electrons. The van der Waals surface area contributed by atoms with Crippen molar-refractivity contribution in [3.05, 3.63) is 21.9 Å². The van der Waals surface area contributed by atoms with Crippen LogP contribution in [-0.2, 0) is 11.2 Å². The molecule has 0 saturated carbocycles. The predicted molar refractivity (Wildman–Crippen MR) is 52.7 cm³/mol. The topological polar surface area (TPSA) is 17.1 Å². The summed E-state index contributed by atoms with van der Waals surface area (Å²) in [5.74, 6) is 0. The van der Waals surface area contributed by atoms with Crippen molar-refractivity contribution in [2.24, 2.45) is 0 Å². The molecule has 0 aliphatic rings. The van der Waals surface area contributed by atoms with Gasteiger partial charge in [-0.15, -0.1) is 11.3 Å². The van der Waals surface area contributed by atoms with Crippen LogP contribution in [-0.4, -0.2) is 6.29 Å². The van der Waals surface area contributed by atoms with E-state index in [1.54, 1.807) is 0 Å². The van der Waals surface area contributed by atoms with Gasteiger partial charge in [0.25, 0.3) is 0 Å². The first-order valence-electron chi connectivity index (χ1n) is 4.32. The van der Waals surface area contributed by atoms with E-state index in [1.807, 2.05) is 11.3 Å². The average molecular weight is 182 g/mol. The number of aryl methyl sites for hydroxylation is 2. The molecule has 1 aromatic heterocycles. The molecule has 0 amide bonds. The summed E-state index contributed by atoms with van der Waals surface area (Å²) in [7, 11) is 0. The maximum atomic E-state index is 10.0. The average Bonchev–Trinajstić information content (AvgIpc) is 2.45. The summed E-state index contributed by atoms with van der Waals surface area (Å²) in [6, 6.07) is 4.33. The Balaban J connectivity index is 2.19. The molecule has 0 atom stereocenters. The van der Waals surface area contributed by atoms with Gasteiger partial charge in [0, 0.05) is 16.2 Å². The minimum absolute atomic E-state index is 0.713. The summed E-state index contributed by atoms with van der Waals surface area (Å²) < 4.78 is 0. The number of hydrogen-bond acceptors (Lipinski definition) is 2. The van der Waals surface area contributed by atoms with Crippen LogP contribution in [0, 0.1) is 6.92 Å².